The lowest BCUT2D eigenvalue weighted by Gasteiger charge is -2.43. The predicted octanol–water partition coefficient (Wildman–Crippen LogP) is 0.702. The summed E-state index contributed by atoms with van der Waals surface area (Å²) >= 11 is 0. The van der Waals surface area contributed by atoms with Crippen molar-refractivity contribution in [3.63, 3.8) is 0 Å². The van der Waals surface area contributed by atoms with Crippen LogP contribution in [0.3, 0.4) is 0 Å². The van der Waals surface area contributed by atoms with E-state index in [1.165, 1.54) is 5.69 Å². The van der Waals surface area contributed by atoms with Gasteiger partial charge >= 0.3 is 0 Å². The molecule has 5 heteroatoms. The number of methoxy groups -OCH3 is 1. The second-order valence-electron chi connectivity index (χ2n) is 4.36. The molecule has 5 nitrogen and oxygen atoms in total. The molecular weight excluding hydrogens is 218 g/mol. The monoisotopic (exact) mass is 239 g/mol. The lowest BCUT2D eigenvalue weighted by Crippen LogP contribution is -2.59. The number of hydrogen-bond donors (Lipinski definition) is 1. The van der Waals surface area contributed by atoms with Crippen LogP contribution in [0, 0.1) is 0 Å². The third-order valence-corrected chi connectivity index (χ3v) is 3.37. The summed E-state index contributed by atoms with van der Waals surface area (Å²) in [7, 11) is 3.70. The van der Waals surface area contributed by atoms with Gasteiger partial charge in [-0.05, 0) is 19.4 Å². The van der Waals surface area contributed by atoms with Gasteiger partial charge in [0.05, 0.1) is 17.9 Å². The molecule has 0 amide bonds. The number of aromatic nitrogens is 2. The molecule has 3 atom stereocenters. The van der Waals surface area contributed by atoms with Crippen LogP contribution in [-0.2, 0) is 23.1 Å². The van der Waals surface area contributed by atoms with Gasteiger partial charge in [-0.25, -0.2) is 0 Å². The largest absolute Gasteiger partial charge is 0.377 e. The van der Waals surface area contributed by atoms with Gasteiger partial charge in [-0.3, -0.25) is 4.68 Å². The average Bonchev–Trinajstić information content (AvgIpc) is 2.69. The Balaban J connectivity index is 1.79. The van der Waals surface area contributed by atoms with Crippen molar-refractivity contribution in [3.8, 4) is 0 Å². The molecule has 17 heavy (non-hydrogen) atoms. The minimum atomic E-state index is 0.170. The van der Waals surface area contributed by atoms with Crippen molar-refractivity contribution in [1.29, 1.82) is 0 Å². The molecular formula is C12H21N3O2. The summed E-state index contributed by atoms with van der Waals surface area (Å²) in [6.07, 6.45) is 3.25. The first-order valence-electron chi connectivity index (χ1n) is 6.11. The summed E-state index contributed by atoms with van der Waals surface area (Å²) in [6.45, 7) is 3.59. The molecule has 0 saturated heterocycles. The van der Waals surface area contributed by atoms with E-state index in [4.69, 9.17) is 9.47 Å². The van der Waals surface area contributed by atoms with Gasteiger partial charge in [0.1, 0.15) is 0 Å². The first-order valence-corrected chi connectivity index (χ1v) is 6.11. The molecule has 0 aliphatic heterocycles. The molecule has 0 bridgehead atoms. The number of nitrogens with one attached hydrogen (secondary N) is 1. The number of rotatable bonds is 6. The molecule has 1 aromatic rings. The minimum Gasteiger partial charge on any atom is -0.377 e. The highest BCUT2D eigenvalue weighted by Gasteiger charge is 2.41. The maximum Gasteiger partial charge on any atom is 0.0986 e. The Morgan fingerprint density at radius 3 is 3.00 bits per heavy atom. The van der Waals surface area contributed by atoms with E-state index in [1.807, 2.05) is 30.9 Å². The van der Waals surface area contributed by atoms with Crippen LogP contribution in [0.2, 0.25) is 0 Å². The zero-order valence-corrected chi connectivity index (χ0v) is 10.7. The summed E-state index contributed by atoms with van der Waals surface area (Å²) in [5.74, 6) is 0. The molecule has 1 saturated carbocycles. The molecule has 1 N–H and O–H groups in total. The first kappa shape index (κ1) is 12.5. The number of nitrogens with zero attached hydrogens (tertiary/aromatic N) is 2. The Morgan fingerprint density at radius 1 is 1.59 bits per heavy atom. The van der Waals surface area contributed by atoms with Crippen molar-refractivity contribution >= 4 is 0 Å². The molecule has 96 valence electrons. The van der Waals surface area contributed by atoms with Gasteiger partial charge in [-0.2, -0.15) is 5.10 Å². The highest BCUT2D eigenvalue weighted by atomic mass is 16.5. The molecule has 1 aromatic heterocycles. The molecule has 1 aliphatic carbocycles. The average molecular weight is 239 g/mol. The van der Waals surface area contributed by atoms with Gasteiger partial charge in [0.2, 0.25) is 0 Å². The highest BCUT2D eigenvalue weighted by Crippen LogP contribution is 2.27. The van der Waals surface area contributed by atoms with Gasteiger partial charge in [-0.15, -0.1) is 0 Å². The standard InChI is InChI=1S/C12H21N3O2/c1-4-17-11-7-10(12(11)16-3)13-8-9-5-6-14-15(9)2/h5-6,10-13H,4,7-8H2,1-3H3. The Bertz CT molecular complexity index is 353. The fraction of sp³-hybridized carbons (Fsp3) is 0.750. The van der Waals surface area contributed by atoms with Crippen LogP contribution < -0.4 is 5.32 Å². The maximum atomic E-state index is 5.59. The van der Waals surface area contributed by atoms with Gasteiger partial charge in [0, 0.05) is 39.5 Å². The van der Waals surface area contributed by atoms with E-state index in [9.17, 15) is 0 Å². The summed E-state index contributed by atoms with van der Waals surface area (Å²) in [5, 5.41) is 7.63. The van der Waals surface area contributed by atoms with Gasteiger partial charge in [0.15, 0.2) is 0 Å². The van der Waals surface area contributed by atoms with Crippen LogP contribution in [0.15, 0.2) is 12.3 Å². The topological polar surface area (TPSA) is 48.3 Å². The van der Waals surface area contributed by atoms with Gasteiger partial charge in [0.25, 0.3) is 0 Å². The fourth-order valence-corrected chi connectivity index (χ4v) is 2.28. The van der Waals surface area contributed by atoms with Crippen molar-refractivity contribution in [2.45, 2.75) is 38.1 Å². The third-order valence-electron chi connectivity index (χ3n) is 3.37. The maximum absolute atomic E-state index is 5.59. The predicted molar refractivity (Wildman–Crippen MR) is 64.7 cm³/mol. The van der Waals surface area contributed by atoms with Gasteiger partial charge in [-0.1, -0.05) is 0 Å². The summed E-state index contributed by atoms with van der Waals surface area (Å²) in [5.41, 5.74) is 1.18. The molecule has 1 aliphatic rings. The smallest absolute Gasteiger partial charge is 0.0986 e. The van der Waals surface area contributed by atoms with E-state index in [2.05, 4.69) is 10.4 Å². The highest BCUT2D eigenvalue weighted by molar-refractivity contribution is 5.03. The SMILES string of the molecule is CCOC1CC(NCc2ccnn2C)C1OC. The first-order chi connectivity index (χ1) is 8.26. The van der Waals surface area contributed by atoms with E-state index in [-0.39, 0.29) is 12.2 Å². The Morgan fingerprint density at radius 2 is 2.41 bits per heavy atom. The van der Waals surface area contributed by atoms with Crippen LogP contribution >= 0.6 is 0 Å². The van der Waals surface area contributed by atoms with E-state index < -0.39 is 0 Å². The van der Waals surface area contributed by atoms with E-state index in [1.54, 1.807) is 7.11 Å². The van der Waals surface area contributed by atoms with Crippen LogP contribution in [0.5, 0.6) is 0 Å². The second-order valence-corrected chi connectivity index (χ2v) is 4.36. The van der Waals surface area contributed by atoms with Crippen LogP contribution in [-0.4, -0.2) is 41.7 Å². The molecule has 0 aromatic carbocycles. The van der Waals surface area contributed by atoms with E-state index >= 15 is 0 Å². The van der Waals surface area contributed by atoms with E-state index in [0.717, 1.165) is 19.6 Å². The number of aryl methyl sites for hydroxylation is 1. The summed E-state index contributed by atoms with van der Waals surface area (Å²) in [4.78, 5) is 0. The Labute approximate surface area is 102 Å². The lowest BCUT2D eigenvalue weighted by atomic mass is 9.85. The van der Waals surface area contributed by atoms with Crippen molar-refractivity contribution in [2.75, 3.05) is 13.7 Å². The second kappa shape index (κ2) is 5.62. The summed E-state index contributed by atoms with van der Waals surface area (Å²) in [6, 6.07) is 2.40. The molecule has 1 fully saturated rings. The van der Waals surface area contributed by atoms with E-state index in [0.29, 0.717) is 6.04 Å². The van der Waals surface area contributed by atoms with Crippen molar-refractivity contribution in [2.24, 2.45) is 7.05 Å². The fourth-order valence-electron chi connectivity index (χ4n) is 2.28. The van der Waals surface area contributed by atoms with Crippen molar-refractivity contribution < 1.29 is 9.47 Å². The van der Waals surface area contributed by atoms with Crippen LogP contribution in [0.1, 0.15) is 19.0 Å². The quantitative estimate of drug-likeness (QED) is 0.794. The van der Waals surface area contributed by atoms with Crippen LogP contribution in [0.4, 0.5) is 0 Å². The number of ether oxygens (including phenoxy) is 2. The molecule has 1 heterocycles. The Hall–Kier alpha value is -0.910. The summed E-state index contributed by atoms with van der Waals surface area (Å²) < 4.78 is 12.9. The zero-order chi connectivity index (χ0) is 12.3. The lowest BCUT2D eigenvalue weighted by molar-refractivity contribution is -0.131. The molecule has 2 rings (SSSR count). The zero-order valence-electron chi connectivity index (χ0n) is 10.7. The van der Waals surface area contributed by atoms with Crippen LogP contribution in [0.25, 0.3) is 0 Å². The third kappa shape index (κ3) is 2.68. The minimum absolute atomic E-state index is 0.170. The molecule has 0 radical (unpaired) electrons. The van der Waals surface area contributed by atoms with Crippen molar-refractivity contribution in [1.82, 2.24) is 15.1 Å². The number of hydrogen-bond acceptors (Lipinski definition) is 4. The molecule has 0 spiro atoms. The Kier molecular flexibility index (Phi) is 4.15. The molecule has 3 unspecified atom stereocenters. The normalized spacial score (nSPS) is 28.1. The van der Waals surface area contributed by atoms with Gasteiger partial charge < -0.3 is 14.8 Å². The van der Waals surface area contributed by atoms with Crippen molar-refractivity contribution in [3.05, 3.63) is 18.0 Å².